The molecule has 0 saturated carbocycles. The van der Waals surface area contributed by atoms with Gasteiger partial charge in [0, 0.05) is 37.2 Å². The fraction of sp³-hybridized carbons (Fsp3) is 0.333. The van der Waals surface area contributed by atoms with Gasteiger partial charge in [-0.25, -0.2) is 4.20 Å². The van der Waals surface area contributed by atoms with Gasteiger partial charge in [-0.15, -0.1) is 12.2 Å². The van der Waals surface area contributed by atoms with Gasteiger partial charge in [-0.05, 0) is 62.0 Å². The fourth-order valence-corrected chi connectivity index (χ4v) is 3.57. The van der Waals surface area contributed by atoms with E-state index in [1.165, 1.54) is 5.69 Å². The summed E-state index contributed by atoms with van der Waals surface area (Å²) in [5.74, 6) is 1.54. The van der Waals surface area contributed by atoms with E-state index in [1.54, 1.807) is 24.3 Å². The number of nitrogens with zero attached hydrogens (tertiary/aromatic N) is 2. The van der Waals surface area contributed by atoms with Crippen molar-refractivity contribution in [2.75, 3.05) is 38.1 Å². The zero-order valence-electron chi connectivity index (χ0n) is 13.9. The summed E-state index contributed by atoms with van der Waals surface area (Å²) in [7, 11) is 0.299. The van der Waals surface area contributed by atoms with Crippen LogP contribution < -0.4 is 14.9 Å². The van der Waals surface area contributed by atoms with Crippen LogP contribution in [0, 0.1) is 6.92 Å². The highest BCUT2D eigenvalue weighted by Crippen LogP contribution is 2.41. The second kappa shape index (κ2) is 7.73. The van der Waals surface area contributed by atoms with Gasteiger partial charge < -0.3 is 14.5 Å². The van der Waals surface area contributed by atoms with Gasteiger partial charge in [-0.2, -0.15) is 0 Å². The van der Waals surface area contributed by atoms with Gasteiger partial charge in [-0.3, -0.25) is 0 Å². The monoisotopic (exact) mass is 364 g/mol. The van der Waals surface area contributed by atoms with Crippen molar-refractivity contribution in [3.05, 3.63) is 48.0 Å². The van der Waals surface area contributed by atoms with E-state index in [4.69, 9.17) is 4.74 Å². The Morgan fingerprint density at radius 2 is 1.71 bits per heavy atom. The molecule has 0 bridgehead atoms. The molecule has 1 unspecified atom stereocenters. The van der Waals surface area contributed by atoms with Crippen molar-refractivity contribution in [1.82, 2.24) is 4.90 Å². The first-order valence-corrected chi connectivity index (χ1v) is 10.4. The molecule has 0 amide bonds. The van der Waals surface area contributed by atoms with Crippen LogP contribution in [0.2, 0.25) is 0 Å². The molecule has 1 fully saturated rings. The van der Waals surface area contributed by atoms with E-state index in [0.717, 1.165) is 37.5 Å². The lowest BCUT2D eigenvalue weighted by Crippen LogP contribution is -2.44. The summed E-state index contributed by atoms with van der Waals surface area (Å²) in [6.07, 6.45) is 0. The topological polar surface area (TPSA) is 15.7 Å². The predicted octanol–water partition coefficient (Wildman–Crippen LogP) is 4.38. The lowest BCUT2D eigenvalue weighted by molar-refractivity contribution is 0.313. The second-order valence-electron chi connectivity index (χ2n) is 6.10. The van der Waals surface area contributed by atoms with Crippen LogP contribution in [0.15, 0.2) is 42.5 Å². The highest BCUT2D eigenvalue weighted by Gasteiger charge is 2.15. The third-order valence-electron chi connectivity index (χ3n) is 4.30. The van der Waals surface area contributed by atoms with Gasteiger partial charge in [0.2, 0.25) is 0 Å². The lowest BCUT2D eigenvalue weighted by Gasteiger charge is -2.34. The molecule has 1 atom stereocenters. The minimum Gasteiger partial charge on any atom is -0.457 e. The maximum Gasteiger partial charge on any atom is 0.170 e. The van der Waals surface area contributed by atoms with E-state index in [1.807, 2.05) is 6.07 Å². The highest BCUT2D eigenvalue weighted by atomic mass is 32.7. The van der Waals surface area contributed by atoms with Gasteiger partial charge in [0.05, 0.1) is 0 Å². The Bertz CT molecular complexity index is 688. The van der Waals surface area contributed by atoms with E-state index >= 15 is 0 Å². The largest absolute Gasteiger partial charge is 0.457 e. The maximum absolute atomic E-state index is 13.2. The summed E-state index contributed by atoms with van der Waals surface area (Å²) >= 11 is 3.85. The summed E-state index contributed by atoms with van der Waals surface area (Å²) in [5.41, 5.74) is 2.33. The normalized spacial score (nSPS) is 16.9. The van der Waals surface area contributed by atoms with Crippen LogP contribution in [0.3, 0.4) is 0 Å². The quantitative estimate of drug-likeness (QED) is 0.641. The third-order valence-corrected chi connectivity index (χ3v) is 5.72. The molecule has 1 aliphatic heterocycles. The van der Waals surface area contributed by atoms with Crippen molar-refractivity contribution in [1.29, 1.82) is 0 Å². The van der Waals surface area contributed by atoms with Gasteiger partial charge >= 0.3 is 0 Å². The Balaban J connectivity index is 1.70. The van der Waals surface area contributed by atoms with Crippen LogP contribution in [-0.2, 0) is 0 Å². The predicted molar refractivity (Wildman–Crippen MR) is 104 cm³/mol. The van der Waals surface area contributed by atoms with E-state index in [0.29, 0.717) is 11.1 Å². The summed E-state index contributed by atoms with van der Waals surface area (Å²) in [6.45, 7) is 6.33. The van der Waals surface area contributed by atoms with Crippen molar-refractivity contribution in [2.24, 2.45) is 0 Å². The molecule has 6 heteroatoms. The molecule has 0 spiro atoms. The number of ether oxygens (including phenoxy) is 1. The summed E-state index contributed by atoms with van der Waals surface area (Å²) in [5, 5.41) is 0.600. The summed E-state index contributed by atoms with van der Waals surface area (Å²) in [6, 6.07) is 13.3. The Morgan fingerprint density at radius 1 is 1.04 bits per heavy atom. The Morgan fingerprint density at radius 3 is 2.29 bits per heavy atom. The molecule has 0 radical (unpaired) electrons. The SMILES string of the molecule is Cc1cc(N2CCN(C)CC2)ccc1Oc1ccc(P(F)S)cc1. The van der Waals surface area contributed by atoms with E-state index in [2.05, 4.69) is 48.2 Å². The maximum atomic E-state index is 13.2. The number of piperazine rings is 1. The van der Waals surface area contributed by atoms with Crippen LogP contribution in [0.1, 0.15) is 5.56 Å². The molecule has 0 aromatic heterocycles. The summed E-state index contributed by atoms with van der Waals surface area (Å²) < 4.78 is 19.1. The van der Waals surface area contributed by atoms with Gasteiger partial charge in [0.1, 0.15) is 11.5 Å². The summed E-state index contributed by atoms with van der Waals surface area (Å²) in [4.78, 5) is 4.75. The van der Waals surface area contributed by atoms with E-state index in [9.17, 15) is 4.20 Å². The molecule has 1 saturated heterocycles. The molecule has 3 nitrogen and oxygen atoms in total. The second-order valence-corrected chi connectivity index (χ2v) is 8.19. The number of halogens is 1. The molecule has 3 rings (SSSR count). The Labute approximate surface area is 149 Å². The minimum atomic E-state index is -1.86. The number of aryl methyl sites for hydroxylation is 1. The van der Waals surface area contributed by atoms with Crippen LogP contribution in [0.4, 0.5) is 9.88 Å². The molecule has 128 valence electrons. The molecule has 1 heterocycles. The molecule has 2 aromatic rings. The highest BCUT2D eigenvalue weighted by molar-refractivity contribution is 8.46. The zero-order chi connectivity index (χ0) is 17.1. The molecule has 24 heavy (non-hydrogen) atoms. The number of hydrogen-bond acceptors (Lipinski definition) is 4. The van der Waals surface area contributed by atoms with Crippen molar-refractivity contribution in [2.45, 2.75) is 6.92 Å². The third kappa shape index (κ3) is 4.21. The van der Waals surface area contributed by atoms with Crippen LogP contribution in [0.5, 0.6) is 11.5 Å². The van der Waals surface area contributed by atoms with Gasteiger partial charge in [0.25, 0.3) is 0 Å². The number of hydrogen-bond donors (Lipinski definition) is 1. The van der Waals surface area contributed by atoms with E-state index < -0.39 is 7.43 Å². The van der Waals surface area contributed by atoms with Gasteiger partial charge in [-0.1, -0.05) is 0 Å². The number of anilines is 1. The van der Waals surface area contributed by atoms with Crippen molar-refractivity contribution >= 4 is 30.7 Å². The van der Waals surface area contributed by atoms with Gasteiger partial charge in [0.15, 0.2) is 7.43 Å². The Kier molecular flexibility index (Phi) is 5.65. The smallest absolute Gasteiger partial charge is 0.170 e. The Hall–Kier alpha value is -1.29. The van der Waals surface area contributed by atoms with Crippen LogP contribution in [0.25, 0.3) is 0 Å². The average molecular weight is 364 g/mol. The number of thiol groups is 1. The van der Waals surface area contributed by atoms with E-state index in [-0.39, 0.29) is 0 Å². The first-order valence-electron chi connectivity index (χ1n) is 8.00. The zero-order valence-corrected chi connectivity index (χ0v) is 15.7. The molecule has 1 aliphatic rings. The number of benzene rings is 2. The number of rotatable bonds is 4. The first kappa shape index (κ1) is 17.5. The van der Waals surface area contributed by atoms with Crippen LogP contribution >= 0.6 is 19.7 Å². The molecule has 0 aliphatic carbocycles. The average Bonchev–Trinajstić information content (AvgIpc) is 2.58. The van der Waals surface area contributed by atoms with Crippen molar-refractivity contribution in [3.8, 4) is 11.5 Å². The fourth-order valence-electron chi connectivity index (χ4n) is 2.77. The molecule has 0 N–H and O–H groups in total. The van der Waals surface area contributed by atoms with Crippen molar-refractivity contribution in [3.63, 3.8) is 0 Å². The van der Waals surface area contributed by atoms with Crippen molar-refractivity contribution < 1.29 is 8.93 Å². The molecular formula is C18H22FN2OPS. The minimum absolute atomic E-state index is 0.600. The van der Waals surface area contributed by atoms with Crippen LogP contribution in [-0.4, -0.2) is 38.1 Å². The standard InChI is InChI=1S/C18H22FN2OPS/c1-14-13-15(21-11-9-20(2)10-12-21)3-8-18(14)22-16-4-6-17(7-5-16)23(19)24/h3-8,13,24H,9-12H2,1-2H3. The first-order chi connectivity index (χ1) is 11.5. The molecular weight excluding hydrogens is 342 g/mol. The molecule has 2 aromatic carbocycles. The lowest BCUT2D eigenvalue weighted by atomic mass is 10.1. The number of likely N-dealkylation sites (N-methyl/N-ethyl adjacent to an activating group) is 1.